The molecule has 0 unspecified atom stereocenters. The normalized spacial score (nSPS) is 15.1. The maximum atomic E-state index is 12.2. The van der Waals surface area contributed by atoms with Crippen LogP contribution in [0.1, 0.15) is 21.5 Å². The molecule has 3 rings (SSSR count). The van der Waals surface area contributed by atoms with Crippen molar-refractivity contribution in [3.05, 3.63) is 52.8 Å². The second-order valence-corrected chi connectivity index (χ2v) is 4.77. The number of rotatable bonds is 1. The number of benzene rings is 2. The molecule has 5 nitrogen and oxygen atoms in total. The lowest BCUT2D eigenvalue weighted by molar-refractivity contribution is 0.101. The highest BCUT2D eigenvalue weighted by molar-refractivity contribution is 6.15. The Labute approximate surface area is 120 Å². The molecule has 0 amide bonds. The van der Waals surface area contributed by atoms with Gasteiger partial charge in [0.1, 0.15) is 23.0 Å². The molecule has 106 valence electrons. The average molecular weight is 284 g/mol. The van der Waals surface area contributed by atoms with Gasteiger partial charge in [-0.05, 0) is 37.3 Å². The highest BCUT2D eigenvalue weighted by atomic mass is 16.5. The minimum atomic E-state index is -0.319. The lowest BCUT2D eigenvalue weighted by atomic mass is 10.1. The van der Waals surface area contributed by atoms with Gasteiger partial charge in [-0.3, -0.25) is 4.79 Å². The summed E-state index contributed by atoms with van der Waals surface area (Å²) in [6, 6.07) is 6.99. The Hall–Kier alpha value is -2.95. The van der Waals surface area contributed by atoms with Crippen LogP contribution in [0.4, 0.5) is 0 Å². The largest absolute Gasteiger partial charge is 0.508 e. The lowest BCUT2D eigenvalue weighted by Gasteiger charge is -2.04. The summed E-state index contributed by atoms with van der Waals surface area (Å²) in [6.45, 7) is 1.66. The third-order valence-electron chi connectivity index (χ3n) is 3.36. The van der Waals surface area contributed by atoms with Gasteiger partial charge in [0.2, 0.25) is 5.78 Å². The van der Waals surface area contributed by atoms with E-state index in [1.54, 1.807) is 6.92 Å². The second kappa shape index (κ2) is 4.56. The summed E-state index contributed by atoms with van der Waals surface area (Å²) in [5.41, 5.74) is 1.21. The zero-order chi connectivity index (χ0) is 15.1. The third-order valence-corrected chi connectivity index (χ3v) is 3.36. The molecular formula is C16H12O5. The van der Waals surface area contributed by atoms with Gasteiger partial charge in [0.05, 0.1) is 5.56 Å². The van der Waals surface area contributed by atoms with E-state index in [-0.39, 0.29) is 28.8 Å². The van der Waals surface area contributed by atoms with Crippen LogP contribution < -0.4 is 4.74 Å². The van der Waals surface area contributed by atoms with Crippen molar-refractivity contribution < 1.29 is 24.9 Å². The van der Waals surface area contributed by atoms with Crippen molar-refractivity contribution in [1.29, 1.82) is 0 Å². The summed E-state index contributed by atoms with van der Waals surface area (Å²) >= 11 is 0. The van der Waals surface area contributed by atoms with Gasteiger partial charge >= 0.3 is 0 Å². The number of Topliss-reactive ketones (excluding diaryl/α,β-unsaturated/α-hetero) is 1. The number of phenolic OH excluding ortho intramolecular Hbond substituents is 3. The number of allylic oxidation sites excluding steroid dienone is 1. The van der Waals surface area contributed by atoms with Crippen LogP contribution >= 0.6 is 0 Å². The van der Waals surface area contributed by atoms with Crippen molar-refractivity contribution in [2.24, 2.45) is 0 Å². The van der Waals surface area contributed by atoms with Crippen LogP contribution in [0.25, 0.3) is 6.08 Å². The quantitative estimate of drug-likeness (QED) is 0.701. The van der Waals surface area contributed by atoms with Crippen molar-refractivity contribution in [3.8, 4) is 23.0 Å². The lowest BCUT2D eigenvalue weighted by Crippen LogP contribution is -1.98. The summed E-state index contributed by atoms with van der Waals surface area (Å²) in [6.07, 6.45) is 1.40. The Morgan fingerprint density at radius 1 is 1.05 bits per heavy atom. The molecule has 2 aromatic rings. The molecule has 0 fully saturated rings. The number of aromatic hydroxyl groups is 3. The molecule has 1 aliphatic rings. The first-order valence-electron chi connectivity index (χ1n) is 6.26. The van der Waals surface area contributed by atoms with Crippen LogP contribution in [0.5, 0.6) is 23.0 Å². The van der Waals surface area contributed by atoms with Crippen LogP contribution in [0.2, 0.25) is 0 Å². The topological polar surface area (TPSA) is 87.0 Å². The van der Waals surface area contributed by atoms with Gasteiger partial charge in [0.15, 0.2) is 5.76 Å². The Bertz CT molecular complexity index is 789. The fourth-order valence-corrected chi connectivity index (χ4v) is 2.17. The molecule has 2 aromatic carbocycles. The molecular weight excluding hydrogens is 272 g/mol. The zero-order valence-electron chi connectivity index (χ0n) is 11.1. The summed E-state index contributed by atoms with van der Waals surface area (Å²) in [5.74, 6) is -0.119. The molecule has 0 radical (unpaired) electrons. The van der Waals surface area contributed by atoms with E-state index in [1.165, 1.54) is 36.4 Å². The van der Waals surface area contributed by atoms with Crippen LogP contribution in [0, 0.1) is 6.92 Å². The number of carbonyl (C=O) groups is 1. The Morgan fingerprint density at radius 3 is 2.52 bits per heavy atom. The highest BCUT2D eigenvalue weighted by Crippen LogP contribution is 2.39. The van der Waals surface area contributed by atoms with E-state index < -0.39 is 0 Å². The number of carbonyl (C=O) groups excluding carboxylic acids is 1. The van der Waals surface area contributed by atoms with Crippen molar-refractivity contribution in [2.45, 2.75) is 6.92 Å². The van der Waals surface area contributed by atoms with E-state index in [0.29, 0.717) is 22.4 Å². The minimum Gasteiger partial charge on any atom is -0.508 e. The van der Waals surface area contributed by atoms with Gasteiger partial charge in [0, 0.05) is 17.2 Å². The summed E-state index contributed by atoms with van der Waals surface area (Å²) in [5, 5.41) is 28.6. The molecule has 3 N–H and O–H groups in total. The summed E-state index contributed by atoms with van der Waals surface area (Å²) in [7, 11) is 0. The molecule has 0 bridgehead atoms. The monoisotopic (exact) mass is 284 g/mol. The fraction of sp³-hybridized carbons (Fsp3) is 0.0625. The number of hydrogen-bond donors (Lipinski definition) is 3. The molecule has 0 saturated carbocycles. The first-order chi connectivity index (χ1) is 9.97. The van der Waals surface area contributed by atoms with Crippen LogP contribution in [0.3, 0.4) is 0 Å². The smallest absolute Gasteiger partial charge is 0.231 e. The first kappa shape index (κ1) is 13.1. The SMILES string of the molecule is Cc1c(O)ccc2c1O/C(=C\c1ccc(O)cc1O)C2=O. The number of ketones is 1. The van der Waals surface area contributed by atoms with E-state index in [4.69, 9.17) is 4.74 Å². The van der Waals surface area contributed by atoms with Gasteiger partial charge in [-0.15, -0.1) is 0 Å². The van der Waals surface area contributed by atoms with Gasteiger partial charge < -0.3 is 20.1 Å². The van der Waals surface area contributed by atoms with Crippen molar-refractivity contribution >= 4 is 11.9 Å². The molecule has 1 aliphatic heterocycles. The Kier molecular flexibility index (Phi) is 2.83. The van der Waals surface area contributed by atoms with Crippen molar-refractivity contribution in [2.75, 3.05) is 0 Å². The Morgan fingerprint density at radius 2 is 1.81 bits per heavy atom. The molecule has 0 spiro atoms. The molecule has 0 aliphatic carbocycles. The number of fused-ring (bicyclic) bond motifs is 1. The predicted molar refractivity (Wildman–Crippen MR) is 75.6 cm³/mol. The van der Waals surface area contributed by atoms with Crippen molar-refractivity contribution in [1.82, 2.24) is 0 Å². The average Bonchev–Trinajstić information content (AvgIpc) is 2.75. The van der Waals surface area contributed by atoms with Crippen LogP contribution in [0.15, 0.2) is 36.1 Å². The second-order valence-electron chi connectivity index (χ2n) is 4.77. The van der Waals surface area contributed by atoms with Gasteiger partial charge in [-0.1, -0.05) is 0 Å². The van der Waals surface area contributed by atoms with E-state index in [0.717, 1.165) is 0 Å². The predicted octanol–water partition coefficient (Wildman–Crippen LogP) is 2.73. The summed E-state index contributed by atoms with van der Waals surface area (Å²) in [4.78, 5) is 12.2. The fourth-order valence-electron chi connectivity index (χ4n) is 2.17. The molecule has 1 heterocycles. The minimum absolute atomic E-state index is 0.0512. The molecule has 0 atom stereocenters. The van der Waals surface area contributed by atoms with E-state index in [2.05, 4.69) is 0 Å². The number of ether oxygens (including phenoxy) is 1. The summed E-state index contributed by atoms with van der Waals surface area (Å²) < 4.78 is 5.50. The first-order valence-corrected chi connectivity index (χ1v) is 6.26. The number of hydrogen-bond acceptors (Lipinski definition) is 5. The van der Waals surface area contributed by atoms with Crippen molar-refractivity contribution in [3.63, 3.8) is 0 Å². The maximum Gasteiger partial charge on any atom is 0.231 e. The van der Waals surface area contributed by atoms with Gasteiger partial charge in [0.25, 0.3) is 0 Å². The Balaban J connectivity index is 2.05. The third kappa shape index (κ3) is 2.08. The standard InChI is InChI=1S/C16H12O5/c1-8-12(18)5-4-11-15(20)14(21-16(8)11)6-9-2-3-10(17)7-13(9)19/h2-7,17-19H,1H3/b14-6-. The highest BCUT2D eigenvalue weighted by Gasteiger charge is 2.29. The molecule has 0 aromatic heterocycles. The van der Waals surface area contributed by atoms with Gasteiger partial charge in [-0.2, -0.15) is 0 Å². The molecule has 0 saturated heterocycles. The van der Waals surface area contributed by atoms with E-state index in [9.17, 15) is 20.1 Å². The zero-order valence-corrected chi connectivity index (χ0v) is 11.1. The van der Waals surface area contributed by atoms with Crippen LogP contribution in [-0.4, -0.2) is 21.1 Å². The van der Waals surface area contributed by atoms with E-state index >= 15 is 0 Å². The molecule has 21 heavy (non-hydrogen) atoms. The molecule has 5 heteroatoms. The van der Waals surface area contributed by atoms with Crippen LogP contribution in [-0.2, 0) is 0 Å². The van der Waals surface area contributed by atoms with Gasteiger partial charge in [-0.25, -0.2) is 0 Å². The maximum absolute atomic E-state index is 12.2. The number of phenols is 3. The van der Waals surface area contributed by atoms with E-state index in [1.807, 2.05) is 0 Å².